The van der Waals surface area contributed by atoms with Crippen LogP contribution >= 0.6 is 0 Å². The molecule has 110 valence electrons. The van der Waals surface area contributed by atoms with Crippen molar-refractivity contribution < 1.29 is 0 Å². The first-order valence-electron chi connectivity index (χ1n) is 7.90. The van der Waals surface area contributed by atoms with Crippen LogP contribution in [0.3, 0.4) is 0 Å². The third kappa shape index (κ3) is 6.94. The Kier molecular flexibility index (Phi) is 6.82. The van der Waals surface area contributed by atoms with Gasteiger partial charge in [0.2, 0.25) is 0 Å². The molecule has 1 unspecified atom stereocenters. The third-order valence-corrected chi connectivity index (χ3v) is 3.82. The van der Waals surface area contributed by atoms with Gasteiger partial charge in [-0.25, -0.2) is 0 Å². The summed E-state index contributed by atoms with van der Waals surface area (Å²) in [5, 5.41) is 12.8. The maximum Gasteiger partial charge on any atom is 0.104 e. The standard InChI is InChI=1S/C16H31N3/c1-5-19(12-14(2)3)11-7-6-10-16(4,13-17)18-15-8-9-15/h14-15,18H,5-12H2,1-4H3. The Morgan fingerprint density at radius 3 is 2.53 bits per heavy atom. The Labute approximate surface area is 119 Å². The Morgan fingerprint density at radius 1 is 1.37 bits per heavy atom. The predicted octanol–water partition coefficient (Wildman–Crippen LogP) is 3.17. The molecule has 3 heteroatoms. The first-order chi connectivity index (χ1) is 8.99. The van der Waals surface area contributed by atoms with Gasteiger partial charge in [-0.2, -0.15) is 5.26 Å². The normalized spacial score (nSPS) is 18.6. The molecule has 0 spiro atoms. The van der Waals surface area contributed by atoms with Gasteiger partial charge in [0.25, 0.3) is 0 Å². The number of unbranched alkanes of at least 4 members (excludes halogenated alkanes) is 1. The summed E-state index contributed by atoms with van der Waals surface area (Å²) in [5.41, 5.74) is -0.309. The average molecular weight is 265 g/mol. The van der Waals surface area contributed by atoms with Crippen LogP contribution in [0.15, 0.2) is 0 Å². The van der Waals surface area contributed by atoms with Gasteiger partial charge in [-0.1, -0.05) is 20.8 Å². The smallest absolute Gasteiger partial charge is 0.104 e. The Balaban J connectivity index is 2.18. The molecule has 0 aromatic rings. The van der Waals surface area contributed by atoms with E-state index in [9.17, 15) is 5.26 Å². The zero-order valence-electron chi connectivity index (χ0n) is 13.2. The van der Waals surface area contributed by atoms with Crippen LogP contribution < -0.4 is 5.32 Å². The zero-order valence-corrected chi connectivity index (χ0v) is 13.2. The Morgan fingerprint density at radius 2 is 2.05 bits per heavy atom. The number of hydrogen-bond acceptors (Lipinski definition) is 3. The molecule has 0 bridgehead atoms. The quantitative estimate of drug-likeness (QED) is 0.617. The molecule has 1 N–H and O–H groups in total. The van der Waals surface area contributed by atoms with E-state index >= 15 is 0 Å². The summed E-state index contributed by atoms with van der Waals surface area (Å²) in [5.74, 6) is 0.737. The molecule has 0 amide bonds. The van der Waals surface area contributed by atoms with Gasteiger partial charge in [0.1, 0.15) is 5.54 Å². The van der Waals surface area contributed by atoms with Gasteiger partial charge in [-0.15, -0.1) is 0 Å². The van der Waals surface area contributed by atoms with Crippen LogP contribution in [0.1, 0.15) is 59.8 Å². The zero-order chi connectivity index (χ0) is 14.3. The Hall–Kier alpha value is -0.590. The van der Waals surface area contributed by atoms with Crippen molar-refractivity contribution in [3.63, 3.8) is 0 Å². The van der Waals surface area contributed by atoms with E-state index in [1.807, 2.05) is 0 Å². The number of rotatable bonds is 10. The second-order valence-corrected chi connectivity index (χ2v) is 6.61. The highest BCUT2D eigenvalue weighted by Crippen LogP contribution is 2.24. The highest BCUT2D eigenvalue weighted by atomic mass is 15.1. The van der Waals surface area contributed by atoms with Crippen molar-refractivity contribution in [2.24, 2.45) is 5.92 Å². The minimum Gasteiger partial charge on any atom is -0.303 e. The van der Waals surface area contributed by atoms with E-state index in [1.165, 1.54) is 32.4 Å². The van der Waals surface area contributed by atoms with Gasteiger partial charge in [-0.05, 0) is 58.0 Å². The highest BCUT2D eigenvalue weighted by Gasteiger charge is 2.31. The van der Waals surface area contributed by atoms with Crippen LogP contribution in [0.4, 0.5) is 0 Å². The van der Waals surface area contributed by atoms with E-state index in [-0.39, 0.29) is 5.54 Å². The van der Waals surface area contributed by atoms with Crippen molar-refractivity contribution in [1.29, 1.82) is 5.26 Å². The summed E-state index contributed by atoms with van der Waals surface area (Å²) in [4.78, 5) is 2.52. The van der Waals surface area contributed by atoms with E-state index in [2.05, 4.69) is 44.0 Å². The van der Waals surface area contributed by atoms with Gasteiger partial charge >= 0.3 is 0 Å². The van der Waals surface area contributed by atoms with Crippen LogP contribution in [0.5, 0.6) is 0 Å². The molecule has 0 saturated heterocycles. The van der Waals surface area contributed by atoms with E-state index in [4.69, 9.17) is 0 Å². The fraction of sp³-hybridized carbons (Fsp3) is 0.938. The fourth-order valence-corrected chi connectivity index (χ4v) is 2.55. The van der Waals surface area contributed by atoms with Gasteiger partial charge in [0.05, 0.1) is 6.07 Å². The summed E-state index contributed by atoms with van der Waals surface area (Å²) < 4.78 is 0. The second-order valence-electron chi connectivity index (χ2n) is 6.61. The molecule has 0 aromatic carbocycles. The molecule has 0 heterocycles. The number of nitriles is 1. The molecule has 3 nitrogen and oxygen atoms in total. The van der Waals surface area contributed by atoms with Crippen molar-refractivity contribution in [3.8, 4) is 6.07 Å². The number of nitrogens with zero attached hydrogens (tertiary/aromatic N) is 2. The minimum atomic E-state index is -0.309. The molecular formula is C16H31N3. The lowest BCUT2D eigenvalue weighted by molar-refractivity contribution is 0.247. The molecule has 1 fully saturated rings. The van der Waals surface area contributed by atoms with Crippen LogP contribution in [0.2, 0.25) is 0 Å². The lowest BCUT2D eigenvalue weighted by Gasteiger charge is -2.25. The molecule has 1 aliphatic carbocycles. The highest BCUT2D eigenvalue weighted by molar-refractivity contribution is 5.06. The van der Waals surface area contributed by atoms with Gasteiger partial charge in [-0.3, -0.25) is 5.32 Å². The van der Waals surface area contributed by atoms with Crippen molar-refractivity contribution in [1.82, 2.24) is 10.2 Å². The second kappa shape index (κ2) is 7.87. The summed E-state index contributed by atoms with van der Waals surface area (Å²) in [6.45, 7) is 12.3. The molecule has 1 atom stereocenters. The van der Waals surface area contributed by atoms with Crippen LogP contribution in [0.25, 0.3) is 0 Å². The molecule has 19 heavy (non-hydrogen) atoms. The first-order valence-corrected chi connectivity index (χ1v) is 7.90. The van der Waals surface area contributed by atoms with Gasteiger partial charge in [0, 0.05) is 12.6 Å². The lowest BCUT2D eigenvalue weighted by Crippen LogP contribution is -2.42. The van der Waals surface area contributed by atoms with Crippen LogP contribution in [0, 0.1) is 17.2 Å². The number of hydrogen-bond donors (Lipinski definition) is 1. The summed E-state index contributed by atoms with van der Waals surface area (Å²) in [7, 11) is 0. The summed E-state index contributed by atoms with van der Waals surface area (Å²) in [6.07, 6.45) is 5.80. The van der Waals surface area contributed by atoms with Crippen molar-refractivity contribution in [2.45, 2.75) is 71.4 Å². The molecule has 0 aliphatic heterocycles. The Bertz CT molecular complexity index is 291. The maximum absolute atomic E-state index is 9.31. The average Bonchev–Trinajstić information content (AvgIpc) is 3.16. The molecular weight excluding hydrogens is 234 g/mol. The molecule has 1 rings (SSSR count). The minimum absolute atomic E-state index is 0.309. The monoisotopic (exact) mass is 265 g/mol. The first kappa shape index (κ1) is 16.5. The molecule has 0 radical (unpaired) electrons. The largest absolute Gasteiger partial charge is 0.303 e. The lowest BCUT2D eigenvalue weighted by atomic mass is 9.96. The van der Waals surface area contributed by atoms with Crippen LogP contribution in [-0.2, 0) is 0 Å². The topological polar surface area (TPSA) is 39.1 Å². The van der Waals surface area contributed by atoms with Crippen molar-refractivity contribution >= 4 is 0 Å². The van der Waals surface area contributed by atoms with Gasteiger partial charge in [0.15, 0.2) is 0 Å². The van der Waals surface area contributed by atoms with E-state index in [0.717, 1.165) is 25.3 Å². The number of nitrogens with one attached hydrogen (secondary N) is 1. The van der Waals surface area contributed by atoms with Crippen LogP contribution in [-0.4, -0.2) is 36.1 Å². The van der Waals surface area contributed by atoms with E-state index < -0.39 is 0 Å². The fourth-order valence-electron chi connectivity index (χ4n) is 2.55. The molecule has 1 saturated carbocycles. The van der Waals surface area contributed by atoms with Crippen molar-refractivity contribution in [2.75, 3.05) is 19.6 Å². The van der Waals surface area contributed by atoms with Gasteiger partial charge < -0.3 is 4.90 Å². The summed E-state index contributed by atoms with van der Waals surface area (Å²) in [6, 6.07) is 3.07. The van der Waals surface area contributed by atoms with E-state index in [1.54, 1.807) is 0 Å². The maximum atomic E-state index is 9.31. The predicted molar refractivity (Wildman–Crippen MR) is 81.0 cm³/mol. The van der Waals surface area contributed by atoms with Crippen molar-refractivity contribution in [3.05, 3.63) is 0 Å². The third-order valence-electron chi connectivity index (χ3n) is 3.82. The molecule has 0 aromatic heterocycles. The molecule has 1 aliphatic rings. The SMILES string of the molecule is CCN(CCCCC(C)(C#N)NC1CC1)CC(C)C. The van der Waals surface area contributed by atoms with E-state index in [0.29, 0.717) is 6.04 Å². The summed E-state index contributed by atoms with van der Waals surface area (Å²) >= 11 is 0.